The van der Waals surface area contributed by atoms with Gasteiger partial charge in [0, 0.05) is 17.0 Å². The molecule has 0 saturated heterocycles. The summed E-state index contributed by atoms with van der Waals surface area (Å²) in [7, 11) is 0. The fourth-order valence-corrected chi connectivity index (χ4v) is 4.16. The van der Waals surface area contributed by atoms with Gasteiger partial charge in [-0.25, -0.2) is 9.67 Å². The predicted octanol–water partition coefficient (Wildman–Crippen LogP) is 2.54. The van der Waals surface area contributed by atoms with Crippen LogP contribution in [0, 0.1) is 0 Å². The van der Waals surface area contributed by atoms with E-state index in [9.17, 15) is 9.90 Å². The van der Waals surface area contributed by atoms with E-state index in [1.54, 1.807) is 65.1 Å². The Kier molecular flexibility index (Phi) is 5.24. The molecule has 4 rings (SSSR count). The Morgan fingerprint density at radius 3 is 2.90 bits per heavy atom. The van der Waals surface area contributed by atoms with Crippen LogP contribution in [0.2, 0.25) is 0 Å². The summed E-state index contributed by atoms with van der Waals surface area (Å²) >= 11 is 1.61. The fraction of sp³-hybridized carbons (Fsp3) is 0.200. The van der Waals surface area contributed by atoms with E-state index < -0.39 is 6.10 Å². The van der Waals surface area contributed by atoms with Crippen LogP contribution in [0.4, 0.5) is 0 Å². The summed E-state index contributed by atoms with van der Waals surface area (Å²) in [6, 6.07) is 7.00. The Labute approximate surface area is 171 Å². The molecule has 3 aromatic heterocycles. The zero-order valence-electron chi connectivity index (χ0n) is 15.8. The minimum absolute atomic E-state index is 0.167. The Morgan fingerprint density at radius 2 is 2.17 bits per heavy atom. The summed E-state index contributed by atoms with van der Waals surface area (Å²) < 4.78 is 3.47. The molecule has 148 valence electrons. The largest absolute Gasteiger partial charge is 0.380 e. The lowest BCUT2D eigenvalue weighted by Crippen LogP contribution is -2.23. The van der Waals surface area contributed by atoms with E-state index in [-0.39, 0.29) is 5.91 Å². The highest BCUT2D eigenvalue weighted by Gasteiger charge is 2.23. The van der Waals surface area contributed by atoms with Gasteiger partial charge in [0.25, 0.3) is 5.91 Å². The van der Waals surface area contributed by atoms with Gasteiger partial charge in [-0.15, -0.1) is 23.0 Å². The third-order valence-electron chi connectivity index (χ3n) is 4.55. The van der Waals surface area contributed by atoms with Crippen molar-refractivity contribution < 1.29 is 9.90 Å². The molecule has 0 spiro atoms. The number of carbonyl (C=O) groups is 1. The van der Waals surface area contributed by atoms with Crippen molar-refractivity contribution in [3.8, 4) is 5.69 Å². The number of nitrogens with one attached hydrogen (secondary N) is 1. The van der Waals surface area contributed by atoms with Gasteiger partial charge < -0.3 is 10.4 Å². The first-order valence-corrected chi connectivity index (χ1v) is 9.97. The lowest BCUT2D eigenvalue weighted by Gasteiger charge is -2.09. The SMILES string of the molecule is C=CCNC(=O)c1ccc(-n2cc(C(O)c3c(CC)sc4cncn34)nn2)cc1. The Morgan fingerprint density at radius 1 is 1.38 bits per heavy atom. The molecule has 0 saturated carbocycles. The average molecular weight is 408 g/mol. The van der Waals surface area contributed by atoms with Gasteiger partial charge >= 0.3 is 0 Å². The number of aromatic nitrogens is 5. The van der Waals surface area contributed by atoms with Crippen LogP contribution in [0.15, 0.2) is 55.6 Å². The van der Waals surface area contributed by atoms with Crippen molar-refractivity contribution in [2.24, 2.45) is 0 Å². The molecule has 1 unspecified atom stereocenters. The lowest BCUT2D eigenvalue weighted by atomic mass is 10.1. The van der Waals surface area contributed by atoms with E-state index in [0.717, 1.165) is 27.5 Å². The first-order valence-electron chi connectivity index (χ1n) is 9.15. The molecule has 0 fully saturated rings. The standard InChI is InChI=1S/C20H20N6O2S/c1-3-9-22-20(28)13-5-7-14(8-6-13)26-11-15(23-24-26)19(27)18-16(4-2)29-17-10-21-12-25(17)18/h3,5-8,10-12,19,27H,1,4,9H2,2H3,(H,22,28). The van der Waals surface area contributed by atoms with Crippen LogP contribution in [0.25, 0.3) is 10.5 Å². The highest BCUT2D eigenvalue weighted by molar-refractivity contribution is 7.17. The normalized spacial score (nSPS) is 12.2. The van der Waals surface area contributed by atoms with E-state index in [2.05, 4.69) is 34.1 Å². The van der Waals surface area contributed by atoms with Crippen molar-refractivity contribution in [2.75, 3.05) is 6.54 Å². The van der Waals surface area contributed by atoms with E-state index >= 15 is 0 Å². The molecule has 0 bridgehead atoms. The predicted molar refractivity (Wildman–Crippen MR) is 110 cm³/mol. The third kappa shape index (κ3) is 3.57. The van der Waals surface area contributed by atoms with E-state index in [1.165, 1.54) is 0 Å². The molecule has 1 aromatic carbocycles. The molecule has 0 aliphatic carbocycles. The molecule has 0 aliphatic rings. The number of rotatable bonds is 7. The van der Waals surface area contributed by atoms with Gasteiger partial charge in [0.15, 0.2) is 0 Å². The smallest absolute Gasteiger partial charge is 0.251 e. The van der Waals surface area contributed by atoms with E-state index in [4.69, 9.17) is 0 Å². The van der Waals surface area contributed by atoms with Gasteiger partial charge in [0.1, 0.15) is 23.0 Å². The third-order valence-corrected chi connectivity index (χ3v) is 5.81. The summed E-state index contributed by atoms with van der Waals surface area (Å²) in [5.74, 6) is -0.167. The summed E-state index contributed by atoms with van der Waals surface area (Å²) in [5.41, 5.74) is 2.50. The van der Waals surface area contributed by atoms with E-state index in [1.807, 2.05) is 4.40 Å². The average Bonchev–Trinajstić information content (AvgIpc) is 3.47. The molecule has 9 heteroatoms. The highest BCUT2D eigenvalue weighted by atomic mass is 32.1. The first kappa shape index (κ1) is 19.0. The van der Waals surface area contributed by atoms with Crippen LogP contribution in [0.3, 0.4) is 0 Å². The molecule has 4 aromatic rings. The summed E-state index contributed by atoms with van der Waals surface area (Å²) in [4.78, 5) is 18.2. The van der Waals surface area contributed by atoms with Crippen molar-refractivity contribution in [2.45, 2.75) is 19.4 Å². The van der Waals surface area contributed by atoms with Crippen LogP contribution >= 0.6 is 11.3 Å². The van der Waals surface area contributed by atoms with Crippen molar-refractivity contribution in [1.82, 2.24) is 29.7 Å². The van der Waals surface area contributed by atoms with Crippen LogP contribution in [-0.4, -0.2) is 41.9 Å². The van der Waals surface area contributed by atoms with Crippen LogP contribution in [-0.2, 0) is 6.42 Å². The number of benzene rings is 1. The molecule has 2 N–H and O–H groups in total. The molecule has 0 radical (unpaired) electrons. The van der Waals surface area contributed by atoms with E-state index in [0.29, 0.717) is 17.8 Å². The quantitative estimate of drug-likeness (QED) is 0.458. The van der Waals surface area contributed by atoms with Gasteiger partial charge in [-0.1, -0.05) is 18.2 Å². The number of fused-ring (bicyclic) bond motifs is 1. The Bertz CT molecular complexity index is 1160. The number of aliphatic hydroxyl groups excluding tert-OH is 1. The second kappa shape index (κ2) is 7.98. The Hall–Kier alpha value is -3.30. The molecular formula is C20H20N6O2S. The zero-order valence-corrected chi connectivity index (χ0v) is 16.6. The number of hydrogen-bond donors (Lipinski definition) is 2. The van der Waals surface area contributed by atoms with Crippen molar-refractivity contribution in [3.05, 3.63) is 77.5 Å². The number of aryl methyl sites for hydroxylation is 1. The number of hydrogen-bond acceptors (Lipinski definition) is 6. The number of aliphatic hydroxyl groups is 1. The highest BCUT2D eigenvalue weighted by Crippen LogP contribution is 2.31. The maximum Gasteiger partial charge on any atom is 0.251 e. The molecule has 1 atom stereocenters. The second-order valence-electron chi connectivity index (χ2n) is 6.40. The van der Waals surface area contributed by atoms with Crippen molar-refractivity contribution in [1.29, 1.82) is 0 Å². The van der Waals surface area contributed by atoms with Crippen molar-refractivity contribution >= 4 is 22.1 Å². The number of imidazole rings is 1. The first-order chi connectivity index (χ1) is 14.1. The van der Waals surface area contributed by atoms with Gasteiger partial charge in [-0.3, -0.25) is 9.20 Å². The second-order valence-corrected chi connectivity index (χ2v) is 7.52. The Balaban J connectivity index is 1.58. The fourth-order valence-electron chi connectivity index (χ4n) is 3.09. The molecule has 8 nitrogen and oxygen atoms in total. The van der Waals surface area contributed by atoms with Crippen LogP contribution in [0.5, 0.6) is 0 Å². The topological polar surface area (TPSA) is 97.3 Å². The number of thiazole rings is 1. The van der Waals surface area contributed by atoms with Gasteiger partial charge in [-0.05, 0) is 30.7 Å². The monoisotopic (exact) mass is 408 g/mol. The lowest BCUT2D eigenvalue weighted by molar-refractivity contribution is 0.0958. The summed E-state index contributed by atoms with van der Waals surface area (Å²) in [5, 5.41) is 22.0. The zero-order chi connectivity index (χ0) is 20.4. The number of nitrogens with zero attached hydrogens (tertiary/aromatic N) is 5. The molecule has 1 amide bonds. The van der Waals surface area contributed by atoms with Crippen LogP contribution < -0.4 is 5.32 Å². The van der Waals surface area contributed by atoms with Gasteiger partial charge in [0.2, 0.25) is 0 Å². The minimum atomic E-state index is -0.911. The molecule has 3 heterocycles. The van der Waals surface area contributed by atoms with Crippen molar-refractivity contribution in [3.63, 3.8) is 0 Å². The molecular weight excluding hydrogens is 388 g/mol. The van der Waals surface area contributed by atoms with Crippen LogP contribution in [0.1, 0.15) is 39.7 Å². The minimum Gasteiger partial charge on any atom is -0.380 e. The summed E-state index contributed by atoms with van der Waals surface area (Å²) in [6.45, 7) is 6.05. The number of carbonyl (C=O) groups excluding carboxylic acids is 1. The van der Waals surface area contributed by atoms with Gasteiger partial charge in [0.05, 0.1) is 23.8 Å². The maximum atomic E-state index is 12.0. The maximum absolute atomic E-state index is 12.0. The van der Waals surface area contributed by atoms with Gasteiger partial charge in [-0.2, -0.15) is 0 Å². The number of amides is 1. The molecule has 29 heavy (non-hydrogen) atoms. The summed E-state index contributed by atoms with van der Waals surface area (Å²) in [6.07, 6.45) is 6.70. The molecule has 0 aliphatic heterocycles.